The molecule has 0 bridgehead atoms. The molecule has 1 aliphatic carbocycles. The van der Waals surface area contributed by atoms with Gasteiger partial charge in [0.1, 0.15) is 5.82 Å². The van der Waals surface area contributed by atoms with E-state index in [9.17, 15) is 0 Å². The van der Waals surface area contributed by atoms with Gasteiger partial charge < -0.3 is 25.0 Å². The summed E-state index contributed by atoms with van der Waals surface area (Å²) in [6.45, 7) is 0. The summed E-state index contributed by atoms with van der Waals surface area (Å²) < 4.78 is 10.9. The number of anilines is 4. The van der Waals surface area contributed by atoms with Gasteiger partial charge in [0.05, 0.1) is 19.7 Å². The van der Waals surface area contributed by atoms with Crippen molar-refractivity contribution in [1.82, 2.24) is 9.97 Å². The molecule has 2 N–H and O–H groups in total. The van der Waals surface area contributed by atoms with Crippen LogP contribution in [-0.2, 0) is 0 Å². The summed E-state index contributed by atoms with van der Waals surface area (Å²) in [6.07, 6.45) is 2.32. The number of aromatic nitrogens is 2. The van der Waals surface area contributed by atoms with Gasteiger partial charge in [0.2, 0.25) is 5.95 Å². The molecular formula is C21H25N5O2. The van der Waals surface area contributed by atoms with E-state index in [4.69, 9.17) is 19.4 Å². The van der Waals surface area contributed by atoms with Crippen LogP contribution in [0.5, 0.6) is 11.5 Å². The van der Waals surface area contributed by atoms with E-state index in [1.165, 1.54) is 0 Å². The van der Waals surface area contributed by atoms with Crippen molar-refractivity contribution in [1.29, 1.82) is 0 Å². The number of ether oxygens (including phenoxy) is 2. The van der Waals surface area contributed by atoms with E-state index in [0.717, 1.165) is 40.9 Å². The maximum absolute atomic E-state index is 5.45. The molecule has 0 radical (unpaired) electrons. The molecule has 1 aliphatic rings. The summed E-state index contributed by atoms with van der Waals surface area (Å²) in [6, 6.07) is 12.4. The van der Waals surface area contributed by atoms with Crippen LogP contribution in [0.3, 0.4) is 0 Å². The first kappa shape index (κ1) is 18.2. The highest BCUT2D eigenvalue weighted by molar-refractivity contribution is 5.93. The number of methoxy groups -OCH3 is 2. The minimum absolute atomic E-state index is 0.469. The van der Waals surface area contributed by atoms with Crippen LogP contribution in [0.15, 0.2) is 36.4 Å². The molecule has 7 heteroatoms. The Morgan fingerprint density at radius 3 is 2.43 bits per heavy atom. The van der Waals surface area contributed by atoms with Crippen molar-refractivity contribution in [2.75, 3.05) is 43.8 Å². The molecular weight excluding hydrogens is 354 g/mol. The van der Waals surface area contributed by atoms with Gasteiger partial charge in [0, 0.05) is 43.0 Å². The SMILES string of the molecule is COc1cc2nc(Nc3cccc(N(C)C)c3)nc(NC3CC3)c2cc1OC. The fourth-order valence-corrected chi connectivity index (χ4v) is 3.03. The van der Waals surface area contributed by atoms with Crippen molar-refractivity contribution in [3.05, 3.63) is 36.4 Å². The maximum atomic E-state index is 5.45. The van der Waals surface area contributed by atoms with E-state index >= 15 is 0 Å². The van der Waals surface area contributed by atoms with Crippen LogP contribution in [0, 0.1) is 0 Å². The minimum Gasteiger partial charge on any atom is -0.493 e. The van der Waals surface area contributed by atoms with Gasteiger partial charge in [-0.3, -0.25) is 0 Å². The van der Waals surface area contributed by atoms with Crippen molar-refractivity contribution in [3.63, 3.8) is 0 Å². The normalized spacial score (nSPS) is 13.3. The van der Waals surface area contributed by atoms with Crippen molar-refractivity contribution in [2.45, 2.75) is 18.9 Å². The van der Waals surface area contributed by atoms with Crippen molar-refractivity contribution >= 4 is 34.0 Å². The first-order valence-electron chi connectivity index (χ1n) is 9.32. The third-order valence-electron chi connectivity index (χ3n) is 4.74. The molecule has 1 fully saturated rings. The van der Waals surface area contributed by atoms with Crippen LogP contribution in [-0.4, -0.2) is 44.3 Å². The Balaban J connectivity index is 1.76. The standard InChI is InChI=1S/C21H25N5O2/c1-26(2)15-7-5-6-14(10-15)23-21-24-17-12-19(28-4)18(27-3)11-16(17)20(25-21)22-13-8-9-13/h5-7,10-13H,8-9H2,1-4H3,(H2,22,23,24,25). The molecule has 3 aromatic rings. The predicted octanol–water partition coefficient (Wildman–Crippen LogP) is 4.03. The summed E-state index contributed by atoms with van der Waals surface area (Å²) in [5, 5.41) is 7.75. The maximum Gasteiger partial charge on any atom is 0.229 e. The van der Waals surface area contributed by atoms with E-state index in [-0.39, 0.29) is 0 Å². The molecule has 2 aromatic carbocycles. The average molecular weight is 379 g/mol. The van der Waals surface area contributed by atoms with E-state index in [2.05, 4.69) is 27.7 Å². The highest BCUT2D eigenvalue weighted by Crippen LogP contribution is 2.36. The largest absolute Gasteiger partial charge is 0.493 e. The van der Waals surface area contributed by atoms with Gasteiger partial charge in [-0.05, 0) is 37.1 Å². The van der Waals surface area contributed by atoms with Gasteiger partial charge in [-0.25, -0.2) is 4.98 Å². The minimum atomic E-state index is 0.469. The summed E-state index contributed by atoms with van der Waals surface area (Å²) in [4.78, 5) is 11.5. The molecule has 1 saturated carbocycles. The summed E-state index contributed by atoms with van der Waals surface area (Å²) in [7, 11) is 7.29. The first-order chi connectivity index (χ1) is 13.6. The summed E-state index contributed by atoms with van der Waals surface area (Å²) in [5.41, 5.74) is 2.83. The zero-order valence-corrected chi connectivity index (χ0v) is 16.6. The topological polar surface area (TPSA) is 71.5 Å². The number of nitrogens with zero attached hydrogens (tertiary/aromatic N) is 3. The number of benzene rings is 2. The van der Waals surface area contributed by atoms with E-state index in [1.54, 1.807) is 14.2 Å². The molecule has 0 atom stereocenters. The Labute approximate surface area is 164 Å². The van der Waals surface area contributed by atoms with E-state index in [0.29, 0.717) is 23.5 Å². The van der Waals surface area contributed by atoms with Gasteiger partial charge in [0.25, 0.3) is 0 Å². The van der Waals surface area contributed by atoms with Crippen molar-refractivity contribution < 1.29 is 9.47 Å². The monoisotopic (exact) mass is 379 g/mol. The van der Waals surface area contributed by atoms with Crippen LogP contribution in [0.1, 0.15) is 12.8 Å². The van der Waals surface area contributed by atoms with Crippen LogP contribution in [0.4, 0.5) is 23.1 Å². The van der Waals surface area contributed by atoms with Crippen molar-refractivity contribution in [3.8, 4) is 11.5 Å². The lowest BCUT2D eigenvalue weighted by Crippen LogP contribution is -2.09. The average Bonchev–Trinajstić information content (AvgIpc) is 3.51. The zero-order chi connectivity index (χ0) is 19.7. The lowest BCUT2D eigenvalue weighted by molar-refractivity contribution is 0.356. The van der Waals surface area contributed by atoms with Crippen molar-refractivity contribution in [2.24, 2.45) is 0 Å². The molecule has 0 unspecified atom stereocenters. The third-order valence-corrected chi connectivity index (χ3v) is 4.74. The number of fused-ring (bicyclic) bond motifs is 1. The lowest BCUT2D eigenvalue weighted by Gasteiger charge is -2.16. The Morgan fingerprint density at radius 1 is 1.00 bits per heavy atom. The fraction of sp³-hybridized carbons (Fsp3) is 0.333. The second kappa shape index (κ2) is 7.42. The lowest BCUT2D eigenvalue weighted by atomic mass is 10.2. The fourth-order valence-electron chi connectivity index (χ4n) is 3.03. The molecule has 0 spiro atoms. The van der Waals surface area contributed by atoms with Crippen LogP contribution in [0.2, 0.25) is 0 Å². The molecule has 28 heavy (non-hydrogen) atoms. The Kier molecular flexibility index (Phi) is 4.81. The zero-order valence-electron chi connectivity index (χ0n) is 16.6. The number of nitrogens with one attached hydrogen (secondary N) is 2. The molecule has 146 valence electrons. The van der Waals surface area contributed by atoms with Crippen LogP contribution < -0.4 is 25.0 Å². The second-order valence-corrected chi connectivity index (χ2v) is 7.11. The molecule has 0 saturated heterocycles. The van der Waals surface area contributed by atoms with Crippen LogP contribution >= 0.6 is 0 Å². The second-order valence-electron chi connectivity index (χ2n) is 7.11. The Hall–Kier alpha value is -3.22. The van der Waals surface area contributed by atoms with Gasteiger partial charge in [0.15, 0.2) is 11.5 Å². The highest BCUT2D eigenvalue weighted by Gasteiger charge is 2.23. The van der Waals surface area contributed by atoms with E-state index < -0.39 is 0 Å². The molecule has 1 aromatic heterocycles. The van der Waals surface area contributed by atoms with E-state index in [1.807, 2.05) is 38.4 Å². The summed E-state index contributed by atoms with van der Waals surface area (Å²) >= 11 is 0. The van der Waals surface area contributed by atoms with Gasteiger partial charge in [-0.2, -0.15) is 4.98 Å². The molecule has 0 aliphatic heterocycles. The number of hydrogen-bond acceptors (Lipinski definition) is 7. The molecule has 4 rings (SSSR count). The smallest absolute Gasteiger partial charge is 0.229 e. The van der Waals surface area contributed by atoms with Gasteiger partial charge >= 0.3 is 0 Å². The predicted molar refractivity (Wildman–Crippen MR) is 113 cm³/mol. The highest BCUT2D eigenvalue weighted by atomic mass is 16.5. The number of rotatable bonds is 7. The number of hydrogen-bond donors (Lipinski definition) is 2. The molecule has 7 nitrogen and oxygen atoms in total. The Bertz CT molecular complexity index is 1000. The summed E-state index contributed by atoms with van der Waals surface area (Å²) in [5.74, 6) is 2.65. The van der Waals surface area contributed by atoms with Gasteiger partial charge in [-0.1, -0.05) is 6.07 Å². The molecule has 0 amide bonds. The quantitative estimate of drug-likeness (QED) is 0.642. The molecule has 1 heterocycles. The first-order valence-corrected chi connectivity index (χ1v) is 9.32. The Morgan fingerprint density at radius 2 is 1.75 bits per heavy atom. The third kappa shape index (κ3) is 3.74. The van der Waals surface area contributed by atoms with Crippen LogP contribution in [0.25, 0.3) is 10.9 Å². The van der Waals surface area contributed by atoms with Gasteiger partial charge in [-0.15, -0.1) is 0 Å².